The second-order valence-electron chi connectivity index (χ2n) is 5.63. The minimum atomic E-state index is -4.07. The highest BCUT2D eigenvalue weighted by atomic mass is 32.2. The molecular weight excluding hydrogens is 361 g/mol. The highest BCUT2D eigenvalue weighted by Crippen LogP contribution is 2.21. The molecule has 136 valence electrons. The smallest absolute Gasteiger partial charge is 0.423 e. The van der Waals surface area contributed by atoms with E-state index in [2.05, 4.69) is 15.0 Å². The monoisotopic (exact) mass is 377 g/mol. The number of hydrogen-bond donors (Lipinski definition) is 5. The van der Waals surface area contributed by atoms with Crippen molar-refractivity contribution in [3.8, 4) is 0 Å². The number of sulfonamides is 1. The van der Waals surface area contributed by atoms with E-state index in [0.29, 0.717) is 5.46 Å². The molecule has 7 N–H and O–H groups in total. The van der Waals surface area contributed by atoms with Crippen molar-refractivity contribution in [2.24, 2.45) is 5.73 Å². The van der Waals surface area contributed by atoms with E-state index in [0.717, 1.165) is 5.56 Å². The maximum atomic E-state index is 12.7. The van der Waals surface area contributed by atoms with Crippen LogP contribution in [0.3, 0.4) is 0 Å². The molecule has 0 unspecified atom stereocenters. The standard InChI is InChI=1S/C14H16BN5O5S/c16-10-3-9(5-19-14(17)21)13(18-6-10)26(23,24)20-11-2-1-8-7-25-15(22)12(8)4-11/h1-4,6,20,22H,5,7,16H2,(H3,17,19,21). The summed E-state index contributed by atoms with van der Waals surface area (Å²) in [5.74, 6) is 0. The second kappa shape index (κ2) is 6.82. The number of urea groups is 1. The van der Waals surface area contributed by atoms with Crippen LogP contribution in [0.25, 0.3) is 0 Å². The van der Waals surface area contributed by atoms with Gasteiger partial charge in [-0.15, -0.1) is 0 Å². The molecule has 0 bridgehead atoms. The van der Waals surface area contributed by atoms with Crippen LogP contribution in [-0.4, -0.2) is 31.6 Å². The number of nitrogens with two attached hydrogens (primary N) is 2. The Kier molecular flexibility index (Phi) is 4.72. The van der Waals surface area contributed by atoms with E-state index < -0.39 is 23.2 Å². The van der Waals surface area contributed by atoms with Crippen molar-refractivity contribution in [2.45, 2.75) is 18.2 Å². The van der Waals surface area contributed by atoms with Gasteiger partial charge in [-0.25, -0.2) is 9.78 Å². The van der Waals surface area contributed by atoms with Gasteiger partial charge in [0.15, 0.2) is 5.03 Å². The Morgan fingerprint density at radius 2 is 2.15 bits per heavy atom. The van der Waals surface area contributed by atoms with Crippen molar-refractivity contribution < 1.29 is 22.9 Å². The van der Waals surface area contributed by atoms with Crippen LogP contribution in [0.15, 0.2) is 35.5 Å². The first-order valence-electron chi connectivity index (χ1n) is 7.49. The molecule has 0 saturated heterocycles. The Bertz CT molecular complexity index is 968. The summed E-state index contributed by atoms with van der Waals surface area (Å²) in [4.78, 5) is 14.8. The van der Waals surface area contributed by atoms with Gasteiger partial charge in [0.05, 0.1) is 18.5 Å². The van der Waals surface area contributed by atoms with Crippen LogP contribution >= 0.6 is 0 Å². The number of amides is 2. The van der Waals surface area contributed by atoms with Gasteiger partial charge in [-0.2, -0.15) is 8.42 Å². The van der Waals surface area contributed by atoms with E-state index in [1.165, 1.54) is 18.3 Å². The van der Waals surface area contributed by atoms with Gasteiger partial charge in [0.1, 0.15) is 0 Å². The SMILES string of the molecule is NC(=O)NCc1cc(N)cnc1S(=O)(=O)Nc1ccc2c(c1)B(O)OC2. The fourth-order valence-corrected chi connectivity index (χ4v) is 3.75. The average Bonchev–Trinajstić information content (AvgIpc) is 2.93. The summed E-state index contributed by atoms with van der Waals surface area (Å²) in [5.41, 5.74) is 12.6. The minimum absolute atomic E-state index is 0.152. The van der Waals surface area contributed by atoms with E-state index >= 15 is 0 Å². The molecule has 2 aromatic rings. The summed E-state index contributed by atoms with van der Waals surface area (Å²) in [5, 5.41) is 11.8. The lowest BCUT2D eigenvalue weighted by Gasteiger charge is -2.13. The fraction of sp³-hybridized carbons (Fsp3) is 0.143. The first kappa shape index (κ1) is 18.0. The number of rotatable bonds is 5. The van der Waals surface area contributed by atoms with E-state index in [4.69, 9.17) is 16.1 Å². The molecule has 0 saturated carbocycles. The van der Waals surface area contributed by atoms with Crippen LogP contribution in [0.2, 0.25) is 0 Å². The van der Waals surface area contributed by atoms with Crippen molar-refractivity contribution in [2.75, 3.05) is 10.5 Å². The second-order valence-corrected chi connectivity index (χ2v) is 7.23. The molecular formula is C14H16BN5O5S. The molecule has 1 aromatic carbocycles. The molecule has 1 aliphatic heterocycles. The number of anilines is 2. The zero-order chi connectivity index (χ0) is 18.9. The number of nitrogens with one attached hydrogen (secondary N) is 2. The molecule has 10 nitrogen and oxygen atoms in total. The lowest BCUT2D eigenvalue weighted by atomic mass is 9.79. The summed E-state index contributed by atoms with van der Waals surface area (Å²) < 4.78 is 32.9. The topological polar surface area (TPSA) is 170 Å². The van der Waals surface area contributed by atoms with Gasteiger partial charge in [-0.3, -0.25) is 4.72 Å². The van der Waals surface area contributed by atoms with Gasteiger partial charge in [-0.1, -0.05) is 6.07 Å². The predicted octanol–water partition coefficient (Wildman–Crippen LogP) is -1.15. The maximum Gasteiger partial charge on any atom is 0.491 e. The summed E-state index contributed by atoms with van der Waals surface area (Å²) in [6, 6.07) is 5.28. The van der Waals surface area contributed by atoms with Crippen molar-refractivity contribution in [1.29, 1.82) is 0 Å². The van der Waals surface area contributed by atoms with Crippen LogP contribution in [0, 0.1) is 0 Å². The third kappa shape index (κ3) is 3.71. The van der Waals surface area contributed by atoms with Crippen LogP contribution in [0.1, 0.15) is 11.1 Å². The first-order chi connectivity index (χ1) is 12.3. The van der Waals surface area contributed by atoms with Gasteiger partial charge in [0.25, 0.3) is 10.0 Å². The van der Waals surface area contributed by atoms with Crippen molar-refractivity contribution in [1.82, 2.24) is 10.3 Å². The third-order valence-corrected chi connectivity index (χ3v) is 5.10. The molecule has 0 atom stereocenters. The average molecular weight is 377 g/mol. The fourth-order valence-electron chi connectivity index (χ4n) is 2.55. The first-order valence-corrected chi connectivity index (χ1v) is 8.97. The summed E-state index contributed by atoms with van der Waals surface area (Å²) in [6.45, 7) is 0.104. The molecule has 1 aliphatic rings. The highest BCUT2D eigenvalue weighted by Gasteiger charge is 2.28. The number of aromatic nitrogens is 1. The Morgan fingerprint density at radius 3 is 2.88 bits per heavy atom. The molecule has 0 aliphatic carbocycles. The summed E-state index contributed by atoms with van der Waals surface area (Å²) in [7, 11) is -5.17. The number of pyridine rings is 1. The van der Waals surface area contributed by atoms with Gasteiger partial charge in [0.2, 0.25) is 0 Å². The Hall–Kier alpha value is -2.83. The van der Waals surface area contributed by atoms with Crippen LogP contribution in [-0.2, 0) is 27.8 Å². The minimum Gasteiger partial charge on any atom is -0.423 e. The molecule has 12 heteroatoms. The van der Waals surface area contributed by atoms with Gasteiger partial charge < -0.3 is 26.5 Å². The van der Waals surface area contributed by atoms with Gasteiger partial charge >= 0.3 is 13.1 Å². The molecule has 1 aromatic heterocycles. The number of nitrogen functional groups attached to an aromatic ring is 1. The largest absolute Gasteiger partial charge is 0.491 e. The zero-order valence-corrected chi connectivity index (χ0v) is 14.3. The third-order valence-electron chi connectivity index (χ3n) is 3.71. The van der Waals surface area contributed by atoms with Crippen LogP contribution < -0.4 is 27.0 Å². The quantitative estimate of drug-likeness (QED) is 0.410. The number of nitrogens with zero attached hydrogens (tertiary/aromatic N) is 1. The highest BCUT2D eigenvalue weighted by molar-refractivity contribution is 7.92. The molecule has 0 radical (unpaired) electrons. The van der Waals surface area contributed by atoms with Crippen LogP contribution in [0.4, 0.5) is 16.2 Å². The molecule has 26 heavy (non-hydrogen) atoms. The molecule has 2 amide bonds. The number of primary amides is 1. The Labute approximate surface area is 149 Å². The predicted molar refractivity (Wildman–Crippen MR) is 94.7 cm³/mol. The van der Waals surface area contributed by atoms with E-state index in [9.17, 15) is 18.2 Å². The molecule has 3 rings (SSSR count). The maximum absolute atomic E-state index is 12.7. The number of carbonyl (C=O) groups excluding carboxylic acids is 1. The van der Waals surface area contributed by atoms with Gasteiger partial charge in [0, 0.05) is 17.8 Å². The zero-order valence-electron chi connectivity index (χ0n) is 13.5. The van der Waals surface area contributed by atoms with Gasteiger partial charge in [-0.05, 0) is 29.2 Å². The number of benzene rings is 1. The molecule has 2 heterocycles. The number of carbonyl (C=O) groups is 1. The van der Waals surface area contributed by atoms with Crippen molar-refractivity contribution in [3.05, 3.63) is 41.6 Å². The Balaban J connectivity index is 1.91. The molecule has 0 fully saturated rings. The number of hydrogen-bond acceptors (Lipinski definition) is 7. The lowest BCUT2D eigenvalue weighted by molar-refractivity contribution is 0.248. The Morgan fingerprint density at radius 1 is 1.38 bits per heavy atom. The normalized spacial score (nSPS) is 13.3. The molecule has 0 spiro atoms. The van der Waals surface area contributed by atoms with Crippen molar-refractivity contribution in [3.63, 3.8) is 0 Å². The van der Waals surface area contributed by atoms with E-state index in [1.54, 1.807) is 12.1 Å². The lowest BCUT2D eigenvalue weighted by Crippen LogP contribution is -2.30. The van der Waals surface area contributed by atoms with Crippen molar-refractivity contribution >= 4 is 40.0 Å². The van der Waals surface area contributed by atoms with E-state index in [1.807, 2.05) is 0 Å². The number of fused-ring (bicyclic) bond motifs is 1. The van der Waals surface area contributed by atoms with E-state index in [-0.39, 0.29) is 35.1 Å². The summed E-state index contributed by atoms with van der Waals surface area (Å²) in [6.07, 6.45) is 1.20. The van der Waals surface area contributed by atoms with Crippen LogP contribution in [0.5, 0.6) is 0 Å². The summed E-state index contributed by atoms with van der Waals surface area (Å²) >= 11 is 0.